The summed E-state index contributed by atoms with van der Waals surface area (Å²) >= 11 is 6.21. The van der Waals surface area contributed by atoms with E-state index in [0.717, 1.165) is 11.3 Å². The average molecular weight is 398 g/mol. The van der Waals surface area contributed by atoms with Gasteiger partial charge in [-0.3, -0.25) is 4.79 Å². The van der Waals surface area contributed by atoms with Crippen LogP contribution in [0.1, 0.15) is 11.4 Å². The molecule has 0 aliphatic carbocycles. The van der Waals surface area contributed by atoms with Crippen molar-refractivity contribution in [1.29, 1.82) is 0 Å². The molecule has 0 atom stereocenters. The Hall–Kier alpha value is -3.39. The highest BCUT2D eigenvalue weighted by molar-refractivity contribution is 6.32. The Balaban J connectivity index is 1.48. The lowest BCUT2D eigenvalue weighted by molar-refractivity contribution is -0.111. The summed E-state index contributed by atoms with van der Waals surface area (Å²) in [5, 5.41) is 14.7. The van der Waals surface area contributed by atoms with Crippen LogP contribution in [0.2, 0.25) is 5.02 Å². The number of aromatic nitrogens is 4. The van der Waals surface area contributed by atoms with Crippen LogP contribution in [0.5, 0.6) is 11.5 Å². The van der Waals surface area contributed by atoms with Crippen LogP contribution in [-0.4, -0.2) is 39.3 Å². The maximum atomic E-state index is 12.3. The second-order valence-electron chi connectivity index (χ2n) is 6.04. The normalized spacial score (nSPS) is 12.9. The zero-order valence-electron chi connectivity index (χ0n) is 14.9. The fraction of sp³-hybridized carbons (Fsp3) is 0.158. The number of anilines is 1. The number of halogens is 1. The smallest absolute Gasteiger partial charge is 0.248 e. The summed E-state index contributed by atoms with van der Waals surface area (Å²) in [5.41, 5.74) is 2.12. The number of amides is 1. The summed E-state index contributed by atoms with van der Waals surface area (Å²) in [6.45, 7) is 2.73. The summed E-state index contributed by atoms with van der Waals surface area (Å²) in [7, 11) is 0. The van der Waals surface area contributed by atoms with Gasteiger partial charge in [0.25, 0.3) is 0 Å². The van der Waals surface area contributed by atoms with E-state index in [1.807, 2.05) is 12.1 Å². The van der Waals surface area contributed by atoms with Crippen molar-refractivity contribution in [3.05, 3.63) is 58.9 Å². The number of hydrogen-bond donors (Lipinski definition) is 1. The number of nitrogens with zero attached hydrogens (tertiary/aromatic N) is 4. The highest BCUT2D eigenvalue weighted by atomic mass is 35.5. The molecule has 28 heavy (non-hydrogen) atoms. The standard InChI is InChI=1S/C19H16ClN5O3/c1-12-22-23-24-25(12)15-4-2-3-14(11-15)21-18(26)6-5-13-9-16(20)19-17(10-13)27-7-8-28-19/h2-6,9-11H,7-8H2,1H3,(H,21,26)/b6-5+. The van der Waals surface area contributed by atoms with E-state index < -0.39 is 0 Å². The number of carbonyl (C=O) groups is 1. The molecule has 0 saturated carbocycles. The number of fused-ring (bicyclic) bond motifs is 1. The molecule has 0 radical (unpaired) electrons. The Labute approximate surface area is 165 Å². The lowest BCUT2D eigenvalue weighted by atomic mass is 10.1. The summed E-state index contributed by atoms with van der Waals surface area (Å²) in [5.74, 6) is 1.48. The minimum absolute atomic E-state index is 0.281. The molecule has 0 fully saturated rings. The van der Waals surface area contributed by atoms with E-state index >= 15 is 0 Å². The molecule has 142 valence electrons. The first kappa shape index (κ1) is 18.0. The van der Waals surface area contributed by atoms with Gasteiger partial charge in [0.2, 0.25) is 5.91 Å². The minimum Gasteiger partial charge on any atom is -0.486 e. The second-order valence-corrected chi connectivity index (χ2v) is 6.44. The second kappa shape index (κ2) is 7.69. The molecule has 1 N–H and O–H groups in total. The van der Waals surface area contributed by atoms with Crippen molar-refractivity contribution in [3.8, 4) is 17.2 Å². The number of nitrogens with one attached hydrogen (secondary N) is 1. The van der Waals surface area contributed by atoms with Crippen molar-refractivity contribution < 1.29 is 14.3 Å². The van der Waals surface area contributed by atoms with Gasteiger partial charge in [0.1, 0.15) is 13.2 Å². The largest absolute Gasteiger partial charge is 0.486 e. The van der Waals surface area contributed by atoms with Crippen LogP contribution in [-0.2, 0) is 4.79 Å². The van der Waals surface area contributed by atoms with Gasteiger partial charge in [0, 0.05) is 11.8 Å². The van der Waals surface area contributed by atoms with Crippen LogP contribution < -0.4 is 14.8 Å². The molecule has 1 aliphatic rings. The Bertz CT molecular complexity index is 1060. The fourth-order valence-corrected chi connectivity index (χ4v) is 3.04. The highest BCUT2D eigenvalue weighted by Crippen LogP contribution is 2.38. The maximum Gasteiger partial charge on any atom is 0.248 e. The predicted molar refractivity (Wildman–Crippen MR) is 104 cm³/mol. The Morgan fingerprint density at radius 3 is 2.93 bits per heavy atom. The van der Waals surface area contributed by atoms with Crippen molar-refractivity contribution in [3.63, 3.8) is 0 Å². The third-order valence-electron chi connectivity index (χ3n) is 4.03. The number of carbonyl (C=O) groups excluding carboxylic acids is 1. The summed E-state index contributed by atoms with van der Waals surface area (Å²) < 4.78 is 12.6. The van der Waals surface area contributed by atoms with Crippen molar-refractivity contribution >= 4 is 29.3 Å². The molecule has 1 amide bonds. The van der Waals surface area contributed by atoms with Gasteiger partial charge < -0.3 is 14.8 Å². The third-order valence-corrected chi connectivity index (χ3v) is 4.31. The molecule has 0 bridgehead atoms. The Kier molecular flexibility index (Phi) is 4.94. The predicted octanol–water partition coefficient (Wildman–Crippen LogP) is 3.05. The molecule has 1 aliphatic heterocycles. The maximum absolute atomic E-state index is 12.3. The molecule has 0 spiro atoms. The van der Waals surface area contributed by atoms with Gasteiger partial charge in [-0.1, -0.05) is 17.7 Å². The van der Waals surface area contributed by atoms with Crippen molar-refractivity contribution in [1.82, 2.24) is 20.2 Å². The molecule has 9 heteroatoms. The number of aryl methyl sites for hydroxylation is 1. The monoisotopic (exact) mass is 397 g/mol. The minimum atomic E-state index is -0.281. The van der Waals surface area contributed by atoms with E-state index in [9.17, 15) is 4.79 Å². The van der Waals surface area contributed by atoms with Crippen molar-refractivity contribution in [2.24, 2.45) is 0 Å². The molecule has 4 rings (SSSR count). The lowest BCUT2D eigenvalue weighted by Gasteiger charge is -2.19. The van der Waals surface area contributed by atoms with Gasteiger partial charge in [-0.05, 0) is 59.3 Å². The van der Waals surface area contributed by atoms with Gasteiger partial charge in [0.15, 0.2) is 17.3 Å². The summed E-state index contributed by atoms with van der Waals surface area (Å²) in [4.78, 5) is 12.3. The first-order chi connectivity index (χ1) is 13.6. The van der Waals surface area contributed by atoms with Crippen LogP contribution in [0.3, 0.4) is 0 Å². The first-order valence-electron chi connectivity index (χ1n) is 8.54. The highest BCUT2D eigenvalue weighted by Gasteiger charge is 2.16. The van der Waals surface area contributed by atoms with E-state index in [0.29, 0.717) is 41.2 Å². The lowest BCUT2D eigenvalue weighted by Crippen LogP contribution is -2.15. The molecule has 2 heterocycles. The fourth-order valence-electron chi connectivity index (χ4n) is 2.77. The van der Waals surface area contributed by atoms with E-state index in [-0.39, 0.29) is 5.91 Å². The van der Waals surface area contributed by atoms with Gasteiger partial charge in [0.05, 0.1) is 10.7 Å². The van der Waals surface area contributed by atoms with Crippen LogP contribution in [0.4, 0.5) is 5.69 Å². The van der Waals surface area contributed by atoms with E-state index in [1.165, 1.54) is 6.08 Å². The zero-order chi connectivity index (χ0) is 19.5. The number of ether oxygens (including phenoxy) is 2. The molecular formula is C19H16ClN5O3. The first-order valence-corrected chi connectivity index (χ1v) is 8.91. The number of hydrogen-bond acceptors (Lipinski definition) is 6. The molecule has 3 aromatic rings. The molecular weight excluding hydrogens is 382 g/mol. The van der Waals surface area contributed by atoms with Crippen LogP contribution in [0.15, 0.2) is 42.5 Å². The van der Waals surface area contributed by atoms with Crippen molar-refractivity contribution in [2.45, 2.75) is 6.92 Å². The molecule has 8 nitrogen and oxygen atoms in total. The quantitative estimate of drug-likeness (QED) is 0.680. The Morgan fingerprint density at radius 1 is 1.25 bits per heavy atom. The number of tetrazole rings is 1. The molecule has 1 aromatic heterocycles. The number of benzene rings is 2. The van der Waals surface area contributed by atoms with E-state index in [1.54, 1.807) is 41.9 Å². The number of rotatable bonds is 4. The average Bonchev–Trinajstić information content (AvgIpc) is 3.13. The van der Waals surface area contributed by atoms with E-state index in [2.05, 4.69) is 20.8 Å². The van der Waals surface area contributed by atoms with E-state index in [4.69, 9.17) is 21.1 Å². The van der Waals surface area contributed by atoms with Crippen LogP contribution in [0.25, 0.3) is 11.8 Å². The van der Waals surface area contributed by atoms with Crippen molar-refractivity contribution in [2.75, 3.05) is 18.5 Å². The third kappa shape index (κ3) is 3.81. The van der Waals surface area contributed by atoms with Crippen LogP contribution >= 0.6 is 11.6 Å². The van der Waals surface area contributed by atoms with Gasteiger partial charge in [-0.15, -0.1) is 5.10 Å². The summed E-state index contributed by atoms with van der Waals surface area (Å²) in [6, 6.07) is 10.7. The zero-order valence-corrected chi connectivity index (χ0v) is 15.7. The molecule has 0 saturated heterocycles. The summed E-state index contributed by atoms with van der Waals surface area (Å²) in [6.07, 6.45) is 3.09. The topological polar surface area (TPSA) is 91.2 Å². The Morgan fingerprint density at radius 2 is 2.11 bits per heavy atom. The van der Waals surface area contributed by atoms with Crippen LogP contribution in [0, 0.1) is 6.92 Å². The van der Waals surface area contributed by atoms with Gasteiger partial charge >= 0.3 is 0 Å². The van der Waals surface area contributed by atoms with Gasteiger partial charge in [-0.2, -0.15) is 4.68 Å². The SMILES string of the molecule is Cc1nnnn1-c1cccc(NC(=O)/C=C/c2cc(Cl)c3c(c2)OCCO3)c1. The van der Waals surface area contributed by atoms with Gasteiger partial charge in [-0.25, -0.2) is 0 Å². The molecule has 0 unspecified atom stereocenters. The molecule has 2 aromatic carbocycles.